The van der Waals surface area contributed by atoms with Crippen LogP contribution in [0.25, 0.3) is 15.8 Å². The van der Waals surface area contributed by atoms with Gasteiger partial charge in [0.2, 0.25) is 0 Å². The first-order valence-corrected chi connectivity index (χ1v) is 13.3. The van der Waals surface area contributed by atoms with Crippen LogP contribution in [0.3, 0.4) is 0 Å². The van der Waals surface area contributed by atoms with Crippen molar-refractivity contribution in [2.24, 2.45) is 0 Å². The first-order valence-electron chi connectivity index (χ1n) is 10.4. The van der Waals surface area contributed by atoms with Crippen molar-refractivity contribution >= 4 is 37.2 Å². The molecule has 4 aromatic rings. The lowest BCUT2D eigenvalue weighted by molar-refractivity contribution is 0.104. The van der Waals surface area contributed by atoms with E-state index in [2.05, 4.69) is 9.44 Å². The van der Waals surface area contributed by atoms with E-state index in [0.717, 1.165) is 24.3 Å². The Morgan fingerprint density at radius 1 is 0.611 bits per heavy atom. The van der Waals surface area contributed by atoms with Gasteiger partial charge in [-0.1, -0.05) is 24.3 Å². The van der Waals surface area contributed by atoms with Crippen molar-refractivity contribution in [3.63, 3.8) is 0 Å². The molecular weight excluding hydrogens is 510 g/mol. The molecule has 0 spiro atoms. The molecule has 0 aliphatic heterocycles. The molecule has 1 aliphatic carbocycles. The Morgan fingerprint density at radius 3 is 1.69 bits per heavy atom. The van der Waals surface area contributed by atoms with E-state index < -0.39 is 37.5 Å². The van der Waals surface area contributed by atoms with Crippen molar-refractivity contribution in [2.45, 2.75) is 9.79 Å². The smallest absolute Gasteiger partial charge is 0.261 e. The van der Waals surface area contributed by atoms with Gasteiger partial charge >= 0.3 is 0 Å². The summed E-state index contributed by atoms with van der Waals surface area (Å²) in [5.74, 6) is -1.61. The van der Waals surface area contributed by atoms with Crippen molar-refractivity contribution < 1.29 is 30.4 Å². The number of nitrogens with one attached hydrogen (secondary N) is 1. The molecule has 0 saturated heterocycles. The van der Waals surface area contributed by atoms with Gasteiger partial charge < -0.3 is 4.72 Å². The number of hydrogen-bond acceptors (Lipinski definition) is 5. The summed E-state index contributed by atoms with van der Waals surface area (Å²) in [7, 11) is -8.30. The minimum atomic E-state index is -4.21. The van der Waals surface area contributed by atoms with E-state index in [1.54, 1.807) is 0 Å². The molecule has 0 unspecified atom stereocenters. The highest BCUT2D eigenvalue weighted by Gasteiger charge is 2.29. The number of nitrogens with zero attached hydrogens (tertiary/aromatic N) is 1. The lowest BCUT2D eigenvalue weighted by Crippen LogP contribution is -2.13. The monoisotopic (exact) mass is 525 g/mol. The molecule has 0 radical (unpaired) electrons. The van der Waals surface area contributed by atoms with Crippen LogP contribution in [0.4, 0.5) is 20.2 Å². The highest BCUT2D eigenvalue weighted by atomic mass is 32.2. The summed E-state index contributed by atoms with van der Waals surface area (Å²) in [5.41, 5.74) is 1.25. The van der Waals surface area contributed by atoms with Crippen LogP contribution in [0.1, 0.15) is 15.9 Å². The topological polar surface area (TPSA) is 111 Å². The SMILES string of the molecule is O=C1c2cc(S(=O)(=O)[N-]c3ccc(F)cc3)ccc2-c2ccc(S(=O)(=O)Nc3ccc(F)cc3)cc21. The molecule has 0 aromatic heterocycles. The molecule has 0 fully saturated rings. The number of anilines is 1. The van der Waals surface area contributed by atoms with Gasteiger partial charge in [0.1, 0.15) is 21.7 Å². The third-order valence-corrected chi connectivity index (χ3v) is 8.20. The molecule has 0 amide bonds. The number of fused-ring (bicyclic) bond motifs is 3. The zero-order valence-corrected chi connectivity index (χ0v) is 19.8. The van der Waals surface area contributed by atoms with Gasteiger partial charge in [0.25, 0.3) is 10.0 Å². The number of hydrogen-bond donors (Lipinski definition) is 1. The Labute approximate surface area is 205 Å². The number of carbonyl (C=O) groups excluding carboxylic acids is 1. The van der Waals surface area contributed by atoms with Crippen molar-refractivity contribution in [3.05, 3.63) is 112 Å². The van der Waals surface area contributed by atoms with E-state index in [4.69, 9.17) is 0 Å². The average molecular weight is 526 g/mol. The molecule has 36 heavy (non-hydrogen) atoms. The minimum absolute atomic E-state index is 0.0232. The average Bonchev–Trinajstić information content (AvgIpc) is 3.13. The Balaban J connectivity index is 1.45. The first kappa shape index (κ1) is 23.6. The second-order valence-corrected chi connectivity index (χ2v) is 11.2. The largest absolute Gasteiger partial charge is 0.573 e. The number of sulfonamides is 2. The summed E-state index contributed by atoms with van der Waals surface area (Å²) >= 11 is 0. The van der Waals surface area contributed by atoms with Crippen molar-refractivity contribution in [1.29, 1.82) is 0 Å². The van der Waals surface area contributed by atoms with E-state index >= 15 is 0 Å². The highest BCUT2D eigenvalue weighted by Crippen LogP contribution is 2.40. The van der Waals surface area contributed by atoms with Gasteiger partial charge in [0.15, 0.2) is 5.78 Å². The number of rotatable bonds is 6. The fraction of sp³-hybridized carbons (Fsp3) is 0. The molecule has 7 nitrogen and oxygen atoms in total. The van der Waals surface area contributed by atoms with Crippen LogP contribution in [0.2, 0.25) is 0 Å². The summed E-state index contributed by atoms with van der Waals surface area (Å²) in [6, 6.07) is 17.3. The van der Waals surface area contributed by atoms with Gasteiger partial charge in [0.05, 0.1) is 9.79 Å². The van der Waals surface area contributed by atoms with Crippen molar-refractivity contribution in [2.75, 3.05) is 4.72 Å². The number of benzene rings is 4. The lowest BCUT2D eigenvalue weighted by atomic mass is 10.1. The number of carbonyl (C=O) groups is 1. The van der Waals surface area contributed by atoms with Gasteiger partial charge in [-0.2, -0.15) is 0 Å². The van der Waals surface area contributed by atoms with E-state index in [1.807, 2.05) is 0 Å². The van der Waals surface area contributed by atoms with Crippen LogP contribution < -0.4 is 4.72 Å². The predicted octanol–water partition coefficient (Wildman–Crippen LogP) is 5.37. The fourth-order valence-electron chi connectivity index (χ4n) is 3.79. The Bertz CT molecular complexity index is 1610. The summed E-state index contributed by atoms with van der Waals surface area (Å²) < 4.78 is 83.4. The van der Waals surface area contributed by atoms with Crippen LogP contribution in [-0.2, 0) is 20.0 Å². The van der Waals surface area contributed by atoms with Crippen molar-refractivity contribution in [1.82, 2.24) is 0 Å². The molecule has 11 heteroatoms. The van der Waals surface area contributed by atoms with Crippen LogP contribution in [-0.4, -0.2) is 22.6 Å². The second-order valence-electron chi connectivity index (χ2n) is 7.90. The summed E-state index contributed by atoms with van der Waals surface area (Å²) in [6.45, 7) is 0. The standard InChI is InChI=1S/C25H15F2N2O5S2/c26-15-1-5-17(6-2-15)28-35(31,32)19-9-11-21-22-12-10-20(14-24(22)25(30)23(21)13-19)36(33,34)29-18-7-3-16(27)4-8-18/h1-14,28H/q-1. The Morgan fingerprint density at radius 2 is 1.11 bits per heavy atom. The molecule has 5 rings (SSSR count). The van der Waals surface area contributed by atoms with E-state index in [0.29, 0.717) is 11.1 Å². The maximum atomic E-state index is 13.1. The normalized spacial score (nSPS) is 12.7. The maximum Gasteiger partial charge on any atom is 0.261 e. The third-order valence-electron chi connectivity index (χ3n) is 5.52. The molecule has 1 N–H and O–H groups in total. The summed E-state index contributed by atoms with van der Waals surface area (Å²) in [4.78, 5) is 12.7. The molecule has 0 heterocycles. The Kier molecular flexibility index (Phi) is 5.61. The summed E-state index contributed by atoms with van der Waals surface area (Å²) in [6.07, 6.45) is 0. The van der Waals surface area contributed by atoms with Crippen LogP contribution >= 0.6 is 0 Å². The quantitative estimate of drug-likeness (QED) is 0.320. The van der Waals surface area contributed by atoms with Gasteiger partial charge in [-0.15, -0.1) is 5.69 Å². The van der Waals surface area contributed by atoms with Crippen LogP contribution in [0.5, 0.6) is 0 Å². The van der Waals surface area contributed by atoms with E-state index in [-0.39, 0.29) is 32.3 Å². The van der Waals surface area contributed by atoms with Crippen molar-refractivity contribution in [3.8, 4) is 11.1 Å². The van der Waals surface area contributed by atoms with E-state index in [1.165, 1.54) is 60.7 Å². The lowest BCUT2D eigenvalue weighted by Gasteiger charge is -2.22. The number of halogens is 2. The van der Waals surface area contributed by atoms with Gasteiger partial charge in [0, 0.05) is 16.8 Å². The van der Waals surface area contributed by atoms with Gasteiger partial charge in [-0.3, -0.25) is 9.52 Å². The maximum absolute atomic E-state index is 13.1. The third kappa shape index (κ3) is 4.34. The zero-order chi connectivity index (χ0) is 25.7. The number of ketones is 1. The molecule has 4 aromatic carbocycles. The van der Waals surface area contributed by atoms with Crippen LogP contribution in [0, 0.1) is 11.6 Å². The summed E-state index contributed by atoms with van der Waals surface area (Å²) in [5, 5.41) is 0. The molecular formula is C25H15F2N2O5S2-. The molecule has 1 aliphatic rings. The highest BCUT2D eigenvalue weighted by molar-refractivity contribution is 7.94. The molecule has 182 valence electrons. The zero-order valence-electron chi connectivity index (χ0n) is 18.1. The first-order chi connectivity index (χ1) is 17.0. The second kappa shape index (κ2) is 8.54. The Hall–Kier alpha value is -4.09. The fourth-order valence-corrected chi connectivity index (χ4v) is 5.89. The van der Waals surface area contributed by atoms with Gasteiger partial charge in [-0.05, 0) is 71.8 Å². The van der Waals surface area contributed by atoms with Crippen LogP contribution in [0.15, 0.2) is 94.7 Å². The minimum Gasteiger partial charge on any atom is -0.573 e. The molecule has 0 atom stereocenters. The molecule has 0 saturated carbocycles. The van der Waals surface area contributed by atoms with E-state index in [9.17, 15) is 30.4 Å². The predicted molar refractivity (Wildman–Crippen MR) is 129 cm³/mol. The molecule has 0 bridgehead atoms. The van der Waals surface area contributed by atoms with Gasteiger partial charge in [-0.25, -0.2) is 25.6 Å².